The molecule has 31 heavy (non-hydrogen) atoms. The van der Waals surface area contributed by atoms with Gasteiger partial charge in [-0.15, -0.1) is 15.3 Å². The number of halogens is 1. The number of rotatable bonds is 9. The van der Waals surface area contributed by atoms with E-state index in [0.717, 1.165) is 55.0 Å². The first-order valence-electron chi connectivity index (χ1n) is 11.0. The first-order valence-corrected chi connectivity index (χ1v) is 12.0. The summed E-state index contributed by atoms with van der Waals surface area (Å²) in [5.74, 6) is 2.03. The van der Waals surface area contributed by atoms with E-state index in [0.29, 0.717) is 5.75 Å². The van der Waals surface area contributed by atoms with E-state index >= 15 is 0 Å². The van der Waals surface area contributed by atoms with Crippen LogP contribution in [0.25, 0.3) is 5.69 Å². The van der Waals surface area contributed by atoms with E-state index in [1.165, 1.54) is 31.4 Å². The van der Waals surface area contributed by atoms with Crippen LogP contribution in [0.1, 0.15) is 63.6 Å². The number of nitrogens with zero attached hydrogens (tertiary/aromatic N) is 8. The van der Waals surface area contributed by atoms with Gasteiger partial charge in [-0.05, 0) is 74.0 Å². The summed E-state index contributed by atoms with van der Waals surface area (Å²) in [6.45, 7) is 7.25. The molecule has 1 atom stereocenters. The number of benzene rings is 1. The summed E-state index contributed by atoms with van der Waals surface area (Å²) in [5.41, 5.74) is 0.860. The van der Waals surface area contributed by atoms with Gasteiger partial charge in [0.05, 0.1) is 11.8 Å². The quantitative estimate of drug-likeness (QED) is 0.461. The molecule has 0 saturated carbocycles. The molecule has 1 fully saturated rings. The molecule has 1 aliphatic rings. The molecule has 4 rings (SSSR count). The topological polar surface area (TPSA) is 77.5 Å². The third-order valence-corrected chi connectivity index (χ3v) is 6.64. The highest BCUT2D eigenvalue weighted by Crippen LogP contribution is 2.30. The molecule has 2 aromatic heterocycles. The zero-order valence-electron chi connectivity index (χ0n) is 18.1. The van der Waals surface area contributed by atoms with E-state index in [-0.39, 0.29) is 11.9 Å². The number of aryl methyl sites for hydroxylation is 1. The smallest absolute Gasteiger partial charge is 0.196 e. The molecule has 0 radical (unpaired) electrons. The lowest BCUT2D eigenvalue weighted by Crippen LogP contribution is -2.33. The molecule has 0 bridgehead atoms. The Morgan fingerprint density at radius 2 is 1.84 bits per heavy atom. The summed E-state index contributed by atoms with van der Waals surface area (Å²) in [6.07, 6.45) is 5.81. The average Bonchev–Trinajstić information content (AvgIpc) is 3.43. The van der Waals surface area contributed by atoms with Crippen molar-refractivity contribution in [3.63, 3.8) is 0 Å². The Kier molecular flexibility index (Phi) is 7.29. The van der Waals surface area contributed by atoms with E-state index in [4.69, 9.17) is 0 Å². The summed E-state index contributed by atoms with van der Waals surface area (Å²) < 4.78 is 17.5. The van der Waals surface area contributed by atoms with E-state index in [1.54, 1.807) is 23.9 Å². The molecule has 1 saturated heterocycles. The van der Waals surface area contributed by atoms with E-state index < -0.39 is 0 Å². The van der Waals surface area contributed by atoms with Gasteiger partial charge in [-0.2, -0.15) is 0 Å². The van der Waals surface area contributed by atoms with Crippen LogP contribution in [-0.2, 0) is 12.3 Å². The van der Waals surface area contributed by atoms with E-state index in [9.17, 15) is 4.39 Å². The largest absolute Gasteiger partial charge is 0.294 e. The Bertz CT molecular complexity index is 964. The van der Waals surface area contributed by atoms with E-state index in [1.807, 2.05) is 9.25 Å². The fraction of sp³-hybridized carbons (Fsp3) is 0.571. The van der Waals surface area contributed by atoms with Crippen molar-refractivity contribution in [1.82, 2.24) is 39.9 Å². The standard InChI is InChI=1S/C21H29FN8S/c1-3-4-14-29-19(23-26-27-29)15-31-21-25-24-20(16(2)28-12-6-5-7-13-28)30(21)18-10-8-17(22)9-11-18/h8-11,16H,3-7,12-15H2,1-2H3/t16-/m1/s1. The van der Waals surface area contributed by atoms with Crippen molar-refractivity contribution < 1.29 is 4.39 Å². The van der Waals surface area contributed by atoms with Crippen molar-refractivity contribution in [3.8, 4) is 5.69 Å². The summed E-state index contributed by atoms with van der Waals surface area (Å²) in [4.78, 5) is 2.45. The molecule has 3 aromatic rings. The molecule has 1 aromatic carbocycles. The molecule has 0 amide bonds. The molecule has 166 valence electrons. The van der Waals surface area contributed by atoms with Gasteiger partial charge in [0.15, 0.2) is 16.8 Å². The molecule has 0 unspecified atom stereocenters. The number of thioether (sulfide) groups is 1. The van der Waals surface area contributed by atoms with Gasteiger partial charge in [0.1, 0.15) is 5.82 Å². The average molecular weight is 445 g/mol. The molecule has 8 nitrogen and oxygen atoms in total. The maximum absolute atomic E-state index is 13.6. The third kappa shape index (κ3) is 5.12. The van der Waals surface area contributed by atoms with Gasteiger partial charge in [-0.3, -0.25) is 9.47 Å². The highest BCUT2D eigenvalue weighted by molar-refractivity contribution is 7.98. The molecule has 0 spiro atoms. The van der Waals surface area contributed by atoms with Crippen LogP contribution >= 0.6 is 11.8 Å². The van der Waals surface area contributed by atoms with Crippen LogP contribution in [0, 0.1) is 5.82 Å². The van der Waals surface area contributed by atoms with Gasteiger partial charge in [0.2, 0.25) is 0 Å². The highest BCUT2D eigenvalue weighted by Gasteiger charge is 2.25. The lowest BCUT2D eigenvalue weighted by Gasteiger charge is -2.31. The zero-order chi connectivity index (χ0) is 21.6. The summed E-state index contributed by atoms with van der Waals surface area (Å²) in [6, 6.07) is 6.64. The minimum absolute atomic E-state index is 0.127. The van der Waals surface area contributed by atoms with Crippen molar-refractivity contribution in [1.29, 1.82) is 0 Å². The van der Waals surface area contributed by atoms with Gasteiger partial charge in [-0.1, -0.05) is 31.5 Å². The summed E-state index contributed by atoms with van der Waals surface area (Å²) >= 11 is 1.55. The maximum atomic E-state index is 13.6. The number of piperidine rings is 1. The normalized spacial score (nSPS) is 16.0. The molecule has 1 aliphatic heterocycles. The number of hydrogen-bond donors (Lipinski definition) is 0. The zero-order valence-corrected chi connectivity index (χ0v) is 18.9. The number of aromatic nitrogens is 7. The highest BCUT2D eigenvalue weighted by atomic mass is 32.2. The van der Waals surface area contributed by atoms with Gasteiger partial charge in [0, 0.05) is 12.2 Å². The SMILES string of the molecule is CCCCn1nnnc1CSc1nnc([C@@H](C)N2CCCCC2)n1-c1ccc(F)cc1. The summed E-state index contributed by atoms with van der Waals surface area (Å²) in [7, 11) is 0. The Balaban J connectivity index is 1.60. The molecule has 3 heterocycles. The number of hydrogen-bond acceptors (Lipinski definition) is 7. The van der Waals surface area contributed by atoms with Crippen LogP contribution in [-0.4, -0.2) is 53.0 Å². The minimum Gasteiger partial charge on any atom is -0.294 e. The van der Waals surface area contributed by atoms with Crippen LogP contribution in [0.5, 0.6) is 0 Å². The lowest BCUT2D eigenvalue weighted by atomic mass is 10.1. The minimum atomic E-state index is -0.258. The second kappa shape index (κ2) is 10.3. The Labute approximate surface area is 186 Å². The van der Waals surface area contributed by atoms with Crippen LogP contribution in [0.2, 0.25) is 0 Å². The lowest BCUT2D eigenvalue weighted by molar-refractivity contribution is 0.167. The molecular weight excluding hydrogens is 415 g/mol. The third-order valence-electron chi connectivity index (χ3n) is 5.72. The molecule has 0 N–H and O–H groups in total. The molecule has 10 heteroatoms. The predicted octanol–water partition coefficient (Wildman–Crippen LogP) is 4.03. The second-order valence-corrected chi connectivity index (χ2v) is 8.83. The first kappa shape index (κ1) is 21.9. The second-order valence-electron chi connectivity index (χ2n) is 7.89. The maximum Gasteiger partial charge on any atom is 0.196 e. The van der Waals surface area contributed by atoms with Gasteiger partial charge in [0.25, 0.3) is 0 Å². The summed E-state index contributed by atoms with van der Waals surface area (Å²) in [5, 5.41) is 21.9. The van der Waals surface area contributed by atoms with Crippen LogP contribution < -0.4 is 0 Å². The van der Waals surface area contributed by atoms with Crippen LogP contribution in [0.4, 0.5) is 4.39 Å². The van der Waals surface area contributed by atoms with Gasteiger partial charge in [-0.25, -0.2) is 9.07 Å². The van der Waals surface area contributed by atoms with Crippen molar-refractivity contribution in [2.24, 2.45) is 0 Å². The van der Waals surface area contributed by atoms with E-state index in [2.05, 4.69) is 44.5 Å². The van der Waals surface area contributed by atoms with Gasteiger partial charge >= 0.3 is 0 Å². The van der Waals surface area contributed by atoms with Crippen molar-refractivity contribution in [2.75, 3.05) is 13.1 Å². The van der Waals surface area contributed by atoms with Crippen LogP contribution in [0.3, 0.4) is 0 Å². The van der Waals surface area contributed by atoms with Crippen molar-refractivity contribution >= 4 is 11.8 Å². The monoisotopic (exact) mass is 444 g/mol. The van der Waals surface area contributed by atoms with Crippen molar-refractivity contribution in [2.45, 2.75) is 69.4 Å². The van der Waals surface area contributed by atoms with Crippen LogP contribution in [0.15, 0.2) is 29.4 Å². The van der Waals surface area contributed by atoms with Crippen molar-refractivity contribution in [3.05, 3.63) is 41.7 Å². The Hall–Kier alpha value is -2.33. The first-order chi connectivity index (χ1) is 15.2. The Morgan fingerprint density at radius 3 is 2.58 bits per heavy atom. The number of unbranched alkanes of at least 4 members (excludes halogenated alkanes) is 1. The fourth-order valence-corrected chi connectivity index (χ4v) is 4.78. The molecule has 0 aliphatic carbocycles. The number of likely N-dealkylation sites (tertiary alicyclic amines) is 1. The number of tetrazole rings is 1. The molecular formula is C21H29FN8S. The van der Waals surface area contributed by atoms with Gasteiger partial charge < -0.3 is 0 Å². The predicted molar refractivity (Wildman–Crippen MR) is 117 cm³/mol. The Morgan fingerprint density at radius 1 is 1.06 bits per heavy atom. The fourth-order valence-electron chi connectivity index (χ4n) is 3.88.